The SMILES string of the molecule is COc1ccc(CNc2nnc(C)c3cc(-c4cc(B5O[C@@H]6C[C@@H]7C[C@@H](C7(C)C)[C@]6(C)O5)c(OC)cc4-n4cccn4)ccc23)c(OC)c1. The van der Waals surface area contributed by atoms with Gasteiger partial charge in [-0.3, -0.25) is 0 Å². The second-order valence-electron chi connectivity index (χ2n) is 14.3. The zero-order chi connectivity index (χ0) is 34.1. The van der Waals surface area contributed by atoms with Crippen molar-refractivity contribution in [2.75, 3.05) is 26.6 Å². The lowest BCUT2D eigenvalue weighted by Crippen LogP contribution is -2.65. The molecule has 0 amide bonds. The Hall–Kier alpha value is -4.61. The van der Waals surface area contributed by atoms with E-state index in [4.69, 9.17) is 23.5 Å². The lowest BCUT2D eigenvalue weighted by atomic mass is 9.43. The van der Waals surface area contributed by atoms with Crippen LogP contribution in [-0.4, -0.2) is 60.1 Å². The molecule has 0 spiro atoms. The summed E-state index contributed by atoms with van der Waals surface area (Å²) in [7, 11) is 4.46. The Morgan fingerprint density at radius 1 is 0.939 bits per heavy atom. The first-order valence-electron chi connectivity index (χ1n) is 16.9. The second-order valence-corrected chi connectivity index (χ2v) is 14.3. The molecule has 4 fully saturated rings. The fraction of sp³-hybridized carbons (Fsp3) is 0.395. The highest BCUT2D eigenvalue weighted by Crippen LogP contribution is 2.65. The quantitative estimate of drug-likeness (QED) is 0.181. The van der Waals surface area contributed by atoms with E-state index in [0.717, 1.165) is 62.2 Å². The van der Waals surface area contributed by atoms with Gasteiger partial charge < -0.3 is 28.8 Å². The number of nitrogens with zero attached hydrogens (tertiary/aromatic N) is 4. The van der Waals surface area contributed by atoms with Crippen molar-refractivity contribution in [2.24, 2.45) is 17.3 Å². The van der Waals surface area contributed by atoms with Gasteiger partial charge in [-0.15, -0.1) is 5.10 Å². The number of anilines is 1. The molecule has 3 heterocycles. The normalized spacial score (nSPS) is 23.6. The van der Waals surface area contributed by atoms with Crippen molar-refractivity contribution in [3.05, 3.63) is 78.2 Å². The molecule has 4 atom stereocenters. The van der Waals surface area contributed by atoms with Crippen molar-refractivity contribution >= 4 is 29.2 Å². The average molecular weight is 660 g/mol. The number of hydrogen-bond acceptors (Lipinski definition) is 9. The van der Waals surface area contributed by atoms with Crippen LogP contribution in [0, 0.1) is 24.2 Å². The number of nitrogens with one attached hydrogen (secondary N) is 1. The topological polar surface area (TPSA) is 102 Å². The highest BCUT2D eigenvalue weighted by molar-refractivity contribution is 6.63. The van der Waals surface area contributed by atoms with Gasteiger partial charge in [0.15, 0.2) is 5.82 Å². The molecule has 2 bridgehead atoms. The zero-order valence-corrected chi connectivity index (χ0v) is 29.1. The van der Waals surface area contributed by atoms with E-state index in [9.17, 15) is 0 Å². The Balaban J connectivity index is 1.18. The number of aryl methyl sites for hydroxylation is 1. The molecule has 3 saturated carbocycles. The van der Waals surface area contributed by atoms with Crippen LogP contribution in [0.5, 0.6) is 17.2 Å². The van der Waals surface area contributed by atoms with E-state index >= 15 is 0 Å². The fourth-order valence-electron chi connectivity index (χ4n) is 8.54. The Morgan fingerprint density at radius 3 is 2.51 bits per heavy atom. The molecule has 3 aliphatic carbocycles. The highest BCUT2D eigenvalue weighted by Gasteiger charge is 2.68. The van der Waals surface area contributed by atoms with Gasteiger partial charge in [0.05, 0.1) is 44.4 Å². The Labute approximate surface area is 287 Å². The predicted octanol–water partition coefficient (Wildman–Crippen LogP) is 6.36. The van der Waals surface area contributed by atoms with Crippen molar-refractivity contribution in [2.45, 2.75) is 58.8 Å². The number of hydrogen-bond donors (Lipinski definition) is 1. The minimum atomic E-state index is -0.538. The third-order valence-electron chi connectivity index (χ3n) is 11.5. The van der Waals surface area contributed by atoms with Gasteiger partial charge in [-0.2, -0.15) is 10.2 Å². The summed E-state index contributed by atoms with van der Waals surface area (Å²) in [6.45, 7) is 9.50. The van der Waals surface area contributed by atoms with Crippen LogP contribution < -0.4 is 25.0 Å². The maximum atomic E-state index is 6.92. The number of fused-ring (bicyclic) bond motifs is 1. The van der Waals surface area contributed by atoms with Crippen LogP contribution in [0.4, 0.5) is 5.82 Å². The summed E-state index contributed by atoms with van der Waals surface area (Å²) in [6, 6.07) is 18.3. The van der Waals surface area contributed by atoms with Crippen molar-refractivity contribution in [3.8, 4) is 34.1 Å². The van der Waals surface area contributed by atoms with Crippen molar-refractivity contribution in [1.82, 2.24) is 20.0 Å². The minimum absolute atomic E-state index is 0.0546. The van der Waals surface area contributed by atoms with Crippen LogP contribution in [0.3, 0.4) is 0 Å². The van der Waals surface area contributed by atoms with Crippen LogP contribution in [0.2, 0.25) is 0 Å². The van der Waals surface area contributed by atoms with Crippen molar-refractivity contribution in [1.29, 1.82) is 0 Å². The molecule has 1 N–H and O–H groups in total. The van der Waals surface area contributed by atoms with Gasteiger partial charge in [0, 0.05) is 58.4 Å². The molecular weight excluding hydrogens is 617 g/mol. The Kier molecular flexibility index (Phi) is 7.60. The minimum Gasteiger partial charge on any atom is -0.497 e. The largest absolute Gasteiger partial charge is 0.498 e. The van der Waals surface area contributed by atoms with Gasteiger partial charge in [-0.1, -0.05) is 19.9 Å². The van der Waals surface area contributed by atoms with Gasteiger partial charge >= 0.3 is 7.12 Å². The van der Waals surface area contributed by atoms with Gasteiger partial charge in [0.2, 0.25) is 0 Å². The summed E-state index contributed by atoms with van der Waals surface area (Å²) in [5.41, 5.74) is 5.47. The first kappa shape index (κ1) is 31.6. The van der Waals surface area contributed by atoms with E-state index in [1.807, 2.05) is 48.1 Å². The highest BCUT2D eigenvalue weighted by atomic mass is 16.7. The summed E-state index contributed by atoms with van der Waals surface area (Å²) in [5.74, 6) is 4.00. The molecule has 1 aliphatic heterocycles. The van der Waals surface area contributed by atoms with E-state index in [1.54, 1.807) is 27.5 Å². The first-order chi connectivity index (χ1) is 23.6. The predicted molar refractivity (Wildman–Crippen MR) is 190 cm³/mol. The smallest absolute Gasteiger partial charge is 0.497 e. The molecule has 3 aromatic carbocycles. The fourth-order valence-corrected chi connectivity index (χ4v) is 8.54. The third-order valence-corrected chi connectivity index (χ3v) is 11.5. The van der Waals surface area contributed by atoms with Crippen LogP contribution in [0.25, 0.3) is 27.6 Å². The summed E-state index contributed by atoms with van der Waals surface area (Å²) in [4.78, 5) is 0. The summed E-state index contributed by atoms with van der Waals surface area (Å²) >= 11 is 0. The van der Waals surface area contributed by atoms with Gasteiger partial charge in [-0.25, -0.2) is 4.68 Å². The molecule has 11 heteroatoms. The molecule has 0 radical (unpaired) electrons. The molecule has 4 aliphatic rings. The Bertz CT molecular complexity index is 2050. The lowest BCUT2D eigenvalue weighted by Gasteiger charge is -2.64. The number of rotatable bonds is 9. The van der Waals surface area contributed by atoms with Crippen molar-refractivity contribution in [3.63, 3.8) is 0 Å². The molecule has 9 rings (SSSR count). The molecule has 10 nitrogen and oxygen atoms in total. The number of methoxy groups -OCH3 is 3. The van der Waals surface area contributed by atoms with Crippen molar-refractivity contribution < 1.29 is 23.5 Å². The summed E-state index contributed by atoms with van der Waals surface area (Å²) < 4.78 is 32.5. The van der Waals surface area contributed by atoms with Crippen LogP contribution >= 0.6 is 0 Å². The lowest BCUT2D eigenvalue weighted by molar-refractivity contribution is -0.199. The first-order valence-corrected chi connectivity index (χ1v) is 16.9. The van der Waals surface area contributed by atoms with Gasteiger partial charge in [0.1, 0.15) is 17.2 Å². The third kappa shape index (κ3) is 5.05. The van der Waals surface area contributed by atoms with Crippen LogP contribution in [0.1, 0.15) is 44.9 Å². The number of aromatic nitrogens is 4. The molecule has 2 aromatic heterocycles. The molecule has 0 unspecified atom stereocenters. The Morgan fingerprint density at radius 2 is 1.78 bits per heavy atom. The number of benzene rings is 3. The van der Waals surface area contributed by atoms with E-state index in [-0.39, 0.29) is 17.1 Å². The van der Waals surface area contributed by atoms with E-state index < -0.39 is 7.12 Å². The second kappa shape index (κ2) is 11.8. The monoisotopic (exact) mass is 659 g/mol. The van der Waals surface area contributed by atoms with Crippen LogP contribution in [-0.2, 0) is 15.9 Å². The number of ether oxygens (including phenoxy) is 3. The maximum Gasteiger partial charge on any atom is 0.498 e. The van der Waals surface area contributed by atoms with E-state index in [2.05, 4.69) is 65.6 Å². The summed E-state index contributed by atoms with van der Waals surface area (Å²) in [6.07, 6.45) is 5.99. The molecule has 252 valence electrons. The molecule has 5 aromatic rings. The van der Waals surface area contributed by atoms with E-state index in [0.29, 0.717) is 29.9 Å². The van der Waals surface area contributed by atoms with Gasteiger partial charge in [0.25, 0.3) is 0 Å². The standard InChI is InChI=1S/C38H42BN5O5/c1-22-28-15-23(10-12-27(28)36(43-42-22)40-21-24-9-11-26(45-5)18-32(24)46-6)29-19-30(33(47-7)20-31(29)44-14-8-13-41-44)39-48-35-17-25-16-34(37(25,2)3)38(35,4)49-39/h8-15,18-20,25,34-35H,16-17,21H2,1-7H3,(H,40,43)/t25-,34-,35+,38-/m0/s1. The average Bonchev–Trinajstić information content (AvgIpc) is 3.78. The maximum absolute atomic E-state index is 6.92. The molecule has 49 heavy (non-hydrogen) atoms. The summed E-state index contributed by atoms with van der Waals surface area (Å²) in [5, 5.41) is 19.1. The molecular formula is C38H42BN5O5. The molecule has 1 saturated heterocycles. The van der Waals surface area contributed by atoms with Crippen LogP contribution in [0.15, 0.2) is 67.0 Å². The zero-order valence-electron chi connectivity index (χ0n) is 29.1. The van der Waals surface area contributed by atoms with Gasteiger partial charge in [-0.05, 0) is 85.9 Å². The van der Waals surface area contributed by atoms with E-state index in [1.165, 1.54) is 6.42 Å².